The lowest BCUT2D eigenvalue weighted by Gasteiger charge is -2.06. The highest BCUT2D eigenvalue weighted by Gasteiger charge is 2.37. The molecule has 0 fully saturated rings. The van der Waals surface area contributed by atoms with E-state index in [1.807, 2.05) is 0 Å². The molecule has 0 saturated carbocycles. The molecule has 1 aromatic carbocycles. The van der Waals surface area contributed by atoms with Gasteiger partial charge in [-0.05, 0) is 24.3 Å². The van der Waals surface area contributed by atoms with E-state index in [1.165, 1.54) is 19.2 Å². The van der Waals surface area contributed by atoms with Crippen LogP contribution in [-0.4, -0.2) is 12.1 Å². The third-order valence-corrected chi connectivity index (χ3v) is 3.19. The van der Waals surface area contributed by atoms with Gasteiger partial charge in [0.05, 0.1) is 12.8 Å². The number of methoxy groups -OCH3 is 1. The van der Waals surface area contributed by atoms with Crippen molar-refractivity contribution in [3.05, 3.63) is 29.1 Å². The van der Waals surface area contributed by atoms with Crippen molar-refractivity contribution < 1.29 is 17.9 Å². The van der Waals surface area contributed by atoms with Gasteiger partial charge in [0.2, 0.25) is 0 Å². The van der Waals surface area contributed by atoms with E-state index in [4.69, 9.17) is 10.5 Å². The molecule has 3 nitrogen and oxygen atoms in total. The van der Waals surface area contributed by atoms with E-state index in [9.17, 15) is 13.2 Å². The predicted octanol–water partition coefficient (Wildman–Crippen LogP) is 3.42. The van der Waals surface area contributed by atoms with Crippen LogP contribution in [-0.2, 0) is 6.18 Å². The normalized spacial score (nSPS) is 11.6. The Morgan fingerprint density at radius 1 is 1.22 bits per heavy atom. The zero-order chi connectivity index (χ0) is 13.3. The van der Waals surface area contributed by atoms with Gasteiger partial charge in [0.15, 0.2) is 5.13 Å². The Balaban J connectivity index is 2.49. The van der Waals surface area contributed by atoms with Crippen molar-refractivity contribution in [3.8, 4) is 17.0 Å². The zero-order valence-corrected chi connectivity index (χ0v) is 10.1. The molecule has 18 heavy (non-hydrogen) atoms. The van der Waals surface area contributed by atoms with Crippen LogP contribution in [0.3, 0.4) is 0 Å². The van der Waals surface area contributed by atoms with Gasteiger partial charge in [-0.1, -0.05) is 11.3 Å². The average Bonchev–Trinajstić information content (AvgIpc) is 2.71. The number of benzene rings is 1. The van der Waals surface area contributed by atoms with E-state index in [1.54, 1.807) is 12.1 Å². The summed E-state index contributed by atoms with van der Waals surface area (Å²) in [6.07, 6.45) is -4.45. The van der Waals surface area contributed by atoms with E-state index in [0.29, 0.717) is 22.6 Å². The standard InChI is InChI=1S/C11H9F3N2OS/c1-17-7-4-2-6(3-5-7)8-9(11(12,13)14)18-10(15)16-8/h2-5H,1H3,(H2,15,16). The minimum atomic E-state index is -4.45. The molecule has 0 aliphatic heterocycles. The number of nitrogen functional groups attached to an aromatic ring is 1. The summed E-state index contributed by atoms with van der Waals surface area (Å²) in [6, 6.07) is 6.18. The highest BCUT2D eigenvalue weighted by molar-refractivity contribution is 7.15. The number of anilines is 1. The summed E-state index contributed by atoms with van der Waals surface area (Å²) < 4.78 is 43.3. The van der Waals surface area contributed by atoms with Crippen molar-refractivity contribution in [1.82, 2.24) is 4.98 Å². The monoisotopic (exact) mass is 274 g/mol. The number of rotatable bonds is 2. The number of nitrogens with zero attached hydrogens (tertiary/aromatic N) is 1. The Labute approximate surface area is 105 Å². The molecule has 0 amide bonds. The summed E-state index contributed by atoms with van der Waals surface area (Å²) in [5.41, 5.74) is 5.56. The van der Waals surface area contributed by atoms with Gasteiger partial charge in [-0.3, -0.25) is 0 Å². The third kappa shape index (κ3) is 2.40. The first kappa shape index (κ1) is 12.7. The number of halogens is 3. The van der Waals surface area contributed by atoms with Gasteiger partial charge in [0.1, 0.15) is 10.6 Å². The molecular weight excluding hydrogens is 265 g/mol. The van der Waals surface area contributed by atoms with Crippen LogP contribution in [0, 0.1) is 0 Å². The van der Waals surface area contributed by atoms with Crippen molar-refractivity contribution in [3.63, 3.8) is 0 Å². The van der Waals surface area contributed by atoms with E-state index in [-0.39, 0.29) is 10.8 Å². The highest BCUT2D eigenvalue weighted by atomic mass is 32.1. The molecule has 1 aromatic heterocycles. The molecule has 0 radical (unpaired) electrons. The lowest BCUT2D eigenvalue weighted by atomic mass is 10.1. The van der Waals surface area contributed by atoms with Crippen molar-refractivity contribution in [2.75, 3.05) is 12.8 Å². The number of aromatic nitrogens is 1. The molecule has 0 aliphatic carbocycles. The summed E-state index contributed by atoms with van der Waals surface area (Å²) in [5, 5.41) is -0.104. The molecule has 2 N–H and O–H groups in total. The van der Waals surface area contributed by atoms with Gasteiger partial charge >= 0.3 is 6.18 Å². The largest absolute Gasteiger partial charge is 0.497 e. The topological polar surface area (TPSA) is 48.1 Å². The first-order valence-electron chi connectivity index (χ1n) is 4.89. The van der Waals surface area contributed by atoms with Crippen LogP contribution in [0.2, 0.25) is 0 Å². The van der Waals surface area contributed by atoms with Crippen LogP contribution >= 0.6 is 11.3 Å². The van der Waals surface area contributed by atoms with Gasteiger partial charge in [-0.15, -0.1) is 0 Å². The number of thiazole rings is 1. The second kappa shape index (κ2) is 4.49. The molecule has 7 heteroatoms. The number of ether oxygens (including phenoxy) is 1. The molecule has 0 atom stereocenters. The Morgan fingerprint density at radius 3 is 2.33 bits per heavy atom. The minimum Gasteiger partial charge on any atom is -0.497 e. The molecule has 96 valence electrons. The maximum absolute atomic E-state index is 12.8. The number of alkyl halides is 3. The minimum absolute atomic E-state index is 0.104. The van der Waals surface area contributed by atoms with E-state index in [0.717, 1.165) is 0 Å². The van der Waals surface area contributed by atoms with E-state index in [2.05, 4.69) is 4.98 Å². The quantitative estimate of drug-likeness (QED) is 0.912. The molecule has 1 heterocycles. The first-order chi connectivity index (χ1) is 8.41. The molecule has 0 bridgehead atoms. The summed E-state index contributed by atoms with van der Waals surface area (Å²) in [5.74, 6) is 0.565. The van der Waals surface area contributed by atoms with Gasteiger partial charge in [0.25, 0.3) is 0 Å². The molecule has 0 saturated heterocycles. The van der Waals surface area contributed by atoms with Crippen molar-refractivity contribution >= 4 is 16.5 Å². The fraction of sp³-hybridized carbons (Fsp3) is 0.182. The number of hydrogen-bond acceptors (Lipinski definition) is 4. The Kier molecular flexibility index (Phi) is 3.16. The van der Waals surface area contributed by atoms with Gasteiger partial charge in [0, 0.05) is 5.56 Å². The second-order valence-electron chi connectivity index (χ2n) is 3.46. The molecule has 0 spiro atoms. The lowest BCUT2D eigenvalue weighted by Crippen LogP contribution is -2.03. The third-order valence-electron chi connectivity index (χ3n) is 2.26. The van der Waals surface area contributed by atoms with Crippen LogP contribution in [0.15, 0.2) is 24.3 Å². The summed E-state index contributed by atoms with van der Waals surface area (Å²) in [6.45, 7) is 0. The SMILES string of the molecule is COc1ccc(-c2nc(N)sc2C(F)(F)F)cc1. The second-order valence-corrected chi connectivity index (χ2v) is 4.49. The lowest BCUT2D eigenvalue weighted by molar-refractivity contribution is -0.134. The summed E-state index contributed by atoms with van der Waals surface area (Å²) in [4.78, 5) is 2.95. The van der Waals surface area contributed by atoms with E-state index < -0.39 is 11.1 Å². The van der Waals surface area contributed by atoms with Crippen LogP contribution in [0.25, 0.3) is 11.3 Å². The number of hydrogen-bond donors (Lipinski definition) is 1. The zero-order valence-electron chi connectivity index (χ0n) is 9.28. The fourth-order valence-corrected chi connectivity index (χ4v) is 2.20. The number of nitrogens with two attached hydrogens (primary N) is 1. The van der Waals surface area contributed by atoms with Gasteiger partial charge < -0.3 is 10.5 Å². The average molecular weight is 274 g/mol. The molecular formula is C11H9F3N2OS. The van der Waals surface area contributed by atoms with Crippen molar-refractivity contribution in [1.29, 1.82) is 0 Å². The Morgan fingerprint density at radius 2 is 1.83 bits per heavy atom. The van der Waals surface area contributed by atoms with E-state index >= 15 is 0 Å². The van der Waals surface area contributed by atoms with Gasteiger partial charge in [-0.2, -0.15) is 13.2 Å². The Bertz CT molecular complexity index is 548. The Hall–Kier alpha value is -1.76. The maximum Gasteiger partial charge on any atom is 0.427 e. The van der Waals surface area contributed by atoms with Crippen LogP contribution in [0.1, 0.15) is 4.88 Å². The molecule has 0 unspecified atom stereocenters. The predicted molar refractivity (Wildman–Crippen MR) is 63.5 cm³/mol. The highest BCUT2D eigenvalue weighted by Crippen LogP contribution is 2.41. The van der Waals surface area contributed by atoms with Crippen LogP contribution < -0.4 is 10.5 Å². The van der Waals surface area contributed by atoms with Crippen LogP contribution in [0.4, 0.5) is 18.3 Å². The molecule has 2 aromatic rings. The van der Waals surface area contributed by atoms with Gasteiger partial charge in [-0.25, -0.2) is 4.98 Å². The smallest absolute Gasteiger partial charge is 0.427 e. The summed E-state index contributed by atoms with van der Waals surface area (Å²) in [7, 11) is 1.48. The van der Waals surface area contributed by atoms with Crippen molar-refractivity contribution in [2.45, 2.75) is 6.18 Å². The first-order valence-corrected chi connectivity index (χ1v) is 5.71. The fourth-order valence-electron chi connectivity index (χ4n) is 1.47. The van der Waals surface area contributed by atoms with Crippen LogP contribution in [0.5, 0.6) is 5.75 Å². The molecule has 0 aliphatic rings. The van der Waals surface area contributed by atoms with Crippen molar-refractivity contribution in [2.24, 2.45) is 0 Å². The maximum atomic E-state index is 12.8. The summed E-state index contributed by atoms with van der Waals surface area (Å²) >= 11 is 0.437. The molecule has 2 rings (SSSR count).